The smallest absolute Gasteiger partial charge is 0.229 e. The molecule has 31 heavy (non-hydrogen) atoms. The molecule has 0 bridgehead atoms. The molecule has 2 unspecified atom stereocenters. The first-order chi connectivity index (χ1) is 14.7. The highest BCUT2D eigenvalue weighted by Crippen LogP contribution is 2.40. The number of anilines is 1. The lowest BCUT2D eigenvalue weighted by Gasteiger charge is -2.33. The number of hydrogen-bond acceptors (Lipinski definition) is 8. The molecule has 1 aliphatic heterocycles. The van der Waals surface area contributed by atoms with Crippen LogP contribution in [0.3, 0.4) is 0 Å². The molecule has 3 aromatic heterocycles. The molecule has 0 radical (unpaired) electrons. The summed E-state index contributed by atoms with van der Waals surface area (Å²) < 4.78 is 12.4. The van der Waals surface area contributed by atoms with Gasteiger partial charge < -0.3 is 24.3 Å². The van der Waals surface area contributed by atoms with Crippen molar-refractivity contribution in [2.75, 3.05) is 18.0 Å². The Bertz CT molecular complexity index is 1080. The fraction of sp³-hybridized carbons (Fsp3) is 0.609. The van der Waals surface area contributed by atoms with Gasteiger partial charge in [-0.1, -0.05) is 13.3 Å². The van der Waals surface area contributed by atoms with E-state index >= 15 is 0 Å². The van der Waals surface area contributed by atoms with Gasteiger partial charge in [-0.2, -0.15) is 0 Å². The summed E-state index contributed by atoms with van der Waals surface area (Å²) in [5.74, 6) is 0.557. The van der Waals surface area contributed by atoms with Gasteiger partial charge in [0, 0.05) is 25.1 Å². The molecule has 8 nitrogen and oxygen atoms in total. The maximum atomic E-state index is 10.00. The molecule has 3 aromatic rings. The summed E-state index contributed by atoms with van der Waals surface area (Å²) in [5.41, 5.74) is 4.86. The van der Waals surface area contributed by atoms with Crippen LogP contribution in [0, 0.1) is 0 Å². The van der Waals surface area contributed by atoms with Crippen molar-refractivity contribution in [2.45, 2.75) is 78.3 Å². The molecule has 4 heterocycles. The highest BCUT2D eigenvalue weighted by atomic mass is 16.5. The van der Waals surface area contributed by atoms with Gasteiger partial charge in [0.15, 0.2) is 11.4 Å². The lowest BCUT2D eigenvalue weighted by atomic mass is 9.88. The van der Waals surface area contributed by atoms with E-state index in [4.69, 9.17) is 14.1 Å². The Balaban J connectivity index is 1.96. The van der Waals surface area contributed by atoms with Crippen molar-refractivity contribution in [3.05, 3.63) is 23.1 Å². The molecular formula is C23H32N4O4. The first-order valence-corrected chi connectivity index (χ1v) is 11.0. The maximum Gasteiger partial charge on any atom is 0.229 e. The van der Waals surface area contributed by atoms with E-state index in [1.807, 2.05) is 4.90 Å². The van der Waals surface area contributed by atoms with Crippen molar-refractivity contribution in [1.82, 2.24) is 15.0 Å². The summed E-state index contributed by atoms with van der Waals surface area (Å²) in [6.45, 7) is 10.9. The van der Waals surface area contributed by atoms with Crippen LogP contribution in [-0.4, -0.2) is 56.1 Å². The van der Waals surface area contributed by atoms with E-state index in [0.29, 0.717) is 42.3 Å². The third-order valence-electron chi connectivity index (χ3n) is 5.65. The highest BCUT2D eigenvalue weighted by Gasteiger charge is 2.32. The van der Waals surface area contributed by atoms with Crippen LogP contribution in [0.1, 0.15) is 57.9 Å². The van der Waals surface area contributed by atoms with Gasteiger partial charge >= 0.3 is 0 Å². The maximum absolute atomic E-state index is 10.00. The number of nitrogens with zero attached hydrogens (tertiary/aromatic N) is 4. The SMILES string of the molecule is CCCc1nc2oc3c(N(CC(C)O)CC(C)O)ncnc3c2c2c1COC(C)(C)C2. The zero-order chi connectivity index (χ0) is 22.3. The van der Waals surface area contributed by atoms with E-state index in [9.17, 15) is 10.2 Å². The number of furan rings is 1. The number of aliphatic hydroxyl groups is 2. The van der Waals surface area contributed by atoms with Gasteiger partial charge in [-0.25, -0.2) is 15.0 Å². The fourth-order valence-corrected chi connectivity index (χ4v) is 4.42. The highest BCUT2D eigenvalue weighted by molar-refractivity contribution is 6.06. The minimum absolute atomic E-state index is 0.283. The molecule has 168 valence electrons. The normalized spacial score (nSPS) is 17.6. The number of aromatic nitrogens is 3. The summed E-state index contributed by atoms with van der Waals surface area (Å²) in [6, 6.07) is 0. The van der Waals surface area contributed by atoms with E-state index in [0.717, 1.165) is 35.9 Å². The first kappa shape index (κ1) is 21.9. The Morgan fingerprint density at radius 2 is 1.84 bits per heavy atom. The minimum atomic E-state index is -0.590. The first-order valence-electron chi connectivity index (χ1n) is 11.0. The number of rotatable bonds is 7. The Hall–Kier alpha value is -2.29. The van der Waals surface area contributed by atoms with Gasteiger partial charge in [-0.05, 0) is 39.7 Å². The van der Waals surface area contributed by atoms with Crippen molar-refractivity contribution >= 4 is 28.0 Å². The largest absolute Gasteiger partial charge is 0.432 e. The molecule has 0 saturated carbocycles. The van der Waals surface area contributed by atoms with Gasteiger partial charge in [0.05, 0.1) is 35.5 Å². The number of aliphatic hydroxyl groups excluding tert-OH is 2. The van der Waals surface area contributed by atoms with Crippen molar-refractivity contribution in [1.29, 1.82) is 0 Å². The van der Waals surface area contributed by atoms with Crippen molar-refractivity contribution < 1.29 is 19.4 Å². The predicted molar refractivity (Wildman–Crippen MR) is 119 cm³/mol. The fourth-order valence-electron chi connectivity index (χ4n) is 4.42. The van der Waals surface area contributed by atoms with Crippen LogP contribution in [0.15, 0.2) is 10.7 Å². The van der Waals surface area contributed by atoms with Crippen LogP contribution in [0.25, 0.3) is 22.2 Å². The quantitative estimate of drug-likeness (QED) is 0.591. The molecule has 0 aromatic carbocycles. The van der Waals surface area contributed by atoms with Crippen molar-refractivity contribution in [3.63, 3.8) is 0 Å². The van der Waals surface area contributed by atoms with Crippen LogP contribution in [0.4, 0.5) is 5.82 Å². The second-order valence-corrected chi connectivity index (χ2v) is 9.25. The molecule has 2 N–H and O–H groups in total. The van der Waals surface area contributed by atoms with Crippen molar-refractivity contribution in [2.24, 2.45) is 0 Å². The topological polar surface area (TPSA) is 105 Å². The van der Waals surface area contributed by atoms with Crippen LogP contribution in [0.5, 0.6) is 0 Å². The van der Waals surface area contributed by atoms with E-state index in [1.54, 1.807) is 13.8 Å². The monoisotopic (exact) mass is 428 g/mol. The standard InChI is InChI=1S/C23H32N4O4/c1-6-7-17-16-11-30-23(4,5)8-15(16)18-19-20(31-22(18)26-17)21(25-12-24-19)27(9-13(2)28)10-14(3)29/h12-14,28-29H,6-11H2,1-5H3. The van der Waals surface area contributed by atoms with Gasteiger partial charge in [-0.3, -0.25) is 0 Å². The summed E-state index contributed by atoms with van der Waals surface area (Å²) in [7, 11) is 0. The molecule has 0 saturated heterocycles. The molecule has 8 heteroatoms. The van der Waals surface area contributed by atoms with Crippen LogP contribution >= 0.6 is 0 Å². The van der Waals surface area contributed by atoms with Gasteiger partial charge in [0.1, 0.15) is 11.8 Å². The third-order valence-corrected chi connectivity index (χ3v) is 5.65. The molecule has 2 atom stereocenters. The Kier molecular flexibility index (Phi) is 5.89. The number of fused-ring (bicyclic) bond motifs is 5. The lowest BCUT2D eigenvalue weighted by Crippen LogP contribution is -2.37. The molecular weight excluding hydrogens is 396 g/mol. The average Bonchev–Trinajstić information content (AvgIpc) is 3.04. The average molecular weight is 429 g/mol. The number of aryl methyl sites for hydroxylation is 1. The summed E-state index contributed by atoms with van der Waals surface area (Å²) in [4.78, 5) is 15.7. The van der Waals surface area contributed by atoms with Crippen LogP contribution < -0.4 is 4.90 Å². The Labute approximate surface area is 182 Å². The number of hydrogen-bond donors (Lipinski definition) is 2. The summed E-state index contributed by atoms with van der Waals surface area (Å²) >= 11 is 0. The van der Waals surface area contributed by atoms with Crippen LogP contribution in [0.2, 0.25) is 0 Å². The second kappa shape index (κ2) is 8.33. The van der Waals surface area contributed by atoms with Crippen LogP contribution in [-0.2, 0) is 24.2 Å². The molecule has 0 spiro atoms. The van der Waals surface area contributed by atoms with E-state index in [1.165, 1.54) is 11.9 Å². The number of ether oxygens (including phenoxy) is 1. The lowest BCUT2D eigenvalue weighted by molar-refractivity contribution is -0.0401. The zero-order valence-corrected chi connectivity index (χ0v) is 19.0. The summed E-state index contributed by atoms with van der Waals surface area (Å²) in [5, 5.41) is 20.9. The summed E-state index contributed by atoms with van der Waals surface area (Å²) in [6.07, 6.45) is 2.92. The molecule has 0 aliphatic carbocycles. The molecule has 0 amide bonds. The van der Waals surface area contributed by atoms with E-state index in [-0.39, 0.29) is 5.60 Å². The molecule has 0 fully saturated rings. The zero-order valence-electron chi connectivity index (χ0n) is 19.0. The Morgan fingerprint density at radius 3 is 2.48 bits per heavy atom. The van der Waals surface area contributed by atoms with Gasteiger partial charge in [0.25, 0.3) is 0 Å². The third kappa shape index (κ3) is 4.24. The minimum Gasteiger partial charge on any atom is -0.432 e. The molecule has 1 aliphatic rings. The van der Waals surface area contributed by atoms with Crippen molar-refractivity contribution in [3.8, 4) is 0 Å². The number of pyridine rings is 1. The molecule has 4 rings (SSSR count). The Morgan fingerprint density at radius 1 is 1.13 bits per heavy atom. The van der Waals surface area contributed by atoms with E-state index < -0.39 is 12.2 Å². The van der Waals surface area contributed by atoms with Gasteiger partial charge in [0.2, 0.25) is 5.71 Å². The predicted octanol–water partition coefficient (Wildman–Crippen LogP) is 3.14. The second-order valence-electron chi connectivity index (χ2n) is 9.25. The van der Waals surface area contributed by atoms with Gasteiger partial charge in [-0.15, -0.1) is 0 Å². The van der Waals surface area contributed by atoms with E-state index in [2.05, 4.69) is 30.7 Å².